The SMILES string of the molecule is CCOCCCNc1oc(/C=C/c2ccccc2OC)nc1C#N. The molecule has 0 saturated carbocycles. The summed E-state index contributed by atoms with van der Waals surface area (Å²) in [7, 11) is 1.62. The number of nitriles is 1. The largest absolute Gasteiger partial charge is 0.496 e. The zero-order chi connectivity index (χ0) is 17.2. The van der Waals surface area contributed by atoms with Crippen LogP contribution in [0.2, 0.25) is 0 Å². The van der Waals surface area contributed by atoms with Crippen LogP contribution < -0.4 is 10.1 Å². The Morgan fingerprint density at radius 1 is 1.33 bits per heavy atom. The molecule has 0 aliphatic carbocycles. The Labute approximate surface area is 141 Å². The molecule has 6 heteroatoms. The summed E-state index contributed by atoms with van der Waals surface area (Å²) in [5.41, 5.74) is 1.15. The predicted octanol–water partition coefficient (Wildman–Crippen LogP) is 3.56. The van der Waals surface area contributed by atoms with Gasteiger partial charge in [-0.3, -0.25) is 0 Å². The highest BCUT2D eigenvalue weighted by atomic mass is 16.5. The van der Waals surface area contributed by atoms with E-state index in [1.54, 1.807) is 13.2 Å². The Balaban J connectivity index is 2.03. The van der Waals surface area contributed by atoms with Gasteiger partial charge in [-0.2, -0.15) is 10.2 Å². The summed E-state index contributed by atoms with van der Waals surface area (Å²) in [4.78, 5) is 4.17. The van der Waals surface area contributed by atoms with Gasteiger partial charge < -0.3 is 19.2 Å². The first-order valence-electron chi connectivity index (χ1n) is 7.82. The van der Waals surface area contributed by atoms with Gasteiger partial charge in [0.05, 0.1) is 7.11 Å². The lowest BCUT2D eigenvalue weighted by Crippen LogP contribution is -2.05. The van der Waals surface area contributed by atoms with Gasteiger partial charge in [0.25, 0.3) is 0 Å². The minimum atomic E-state index is 0.242. The van der Waals surface area contributed by atoms with Gasteiger partial charge >= 0.3 is 0 Å². The molecule has 1 aromatic carbocycles. The summed E-state index contributed by atoms with van der Waals surface area (Å²) < 4.78 is 16.2. The second-order valence-electron chi connectivity index (χ2n) is 4.89. The van der Waals surface area contributed by atoms with Crippen molar-refractivity contribution in [1.29, 1.82) is 5.26 Å². The van der Waals surface area contributed by atoms with E-state index in [9.17, 15) is 0 Å². The fourth-order valence-corrected chi connectivity index (χ4v) is 2.09. The van der Waals surface area contributed by atoms with Crippen molar-refractivity contribution < 1.29 is 13.9 Å². The Bertz CT molecular complexity index is 717. The van der Waals surface area contributed by atoms with E-state index in [1.165, 1.54) is 0 Å². The normalized spacial score (nSPS) is 10.7. The van der Waals surface area contributed by atoms with Gasteiger partial charge in [0.1, 0.15) is 11.8 Å². The molecule has 0 radical (unpaired) electrons. The van der Waals surface area contributed by atoms with Gasteiger partial charge in [-0.1, -0.05) is 18.2 Å². The predicted molar refractivity (Wildman–Crippen MR) is 92.7 cm³/mol. The minimum Gasteiger partial charge on any atom is -0.496 e. The zero-order valence-corrected chi connectivity index (χ0v) is 13.9. The first kappa shape index (κ1) is 17.6. The first-order chi connectivity index (χ1) is 11.8. The number of nitrogens with zero attached hydrogens (tertiary/aromatic N) is 2. The molecule has 1 N–H and O–H groups in total. The number of para-hydroxylation sites is 1. The second kappa shape index (κ2) is 9.38. The molecule has 6 nitrogen and oxygen atoms in total. The molecule has 0 amide bonds. The summed E-state index contributed by atoms with van der Waals surface area (Å²) in [6.45, 7) is 3.97. The average Bonchev–Trinajstić information content (AvgIpc) is 3.02. The van der Waals surface area contributed by atoms with Gasteiger partial charge in [0.15, 0.2) is 0 Å². The van der Waals surface area contributed by atoms with Gasteiger partial charge in [-0.05, 0) is 25.5 Å². The number of aromatic nitrogens is 1. The molecule has 1 heterocycles. The quantitative estimate of drug-likeness (QED) is 0.709. The van der Waals surface area contributed by atoms with Crippen molar-refractivity contribution in [3.05, 3.63) is 41.4 Å². The van der Waals surface area contributed by atoms with Gasteiger partial charge in [-0.15, -0.1) is 0 Å². The van der Waals surface area contributed by atoms with Gasteiger partial charge in [0, 0.05) is 31.4 Å². The Kier molecular flexibility index (Phi) is 6.87. The molecular weight excluding hydrogens is 306 g/mol. The van der Waals surface area contributed by atoms with Crippen molar-refractivity contribution in [3.63, 3.8) is 0 Å². The van der Waals surface area contributed by atoms with E-state index < -0.39 is 0 Å². The van der Waals surface area contributed by atoms with Gasteiger partial charge in [0.2, 0.25) is 17.5 Å². The lowest BCUT2D eigenvalue weighted by molar-refractivity contribution is 0.147. The third-order valence-electron chi connectivity index (χ3n) is 3.25. The van der Waals surface area contributed by atoms with E-state index in [1.807, 2.05) is 43.3 Å². The molecule has 0 aliphatic rings. The number of hydrogen-bond acceptors (Lipinski definition) is 6. The molecule has 2 rings (SSSR count). The van der Waals surface area contributed by atoms with Crippen LogP contribution in [-0.4, -0.2) is 31.9 Å². The number of rotatable bonds is 9. The highest BCUT2D eigenvalue weighted by Crippen LogP contribution is 2.22. The standard InChI is InChI=1S/C18H21N3O3/c1-3-23-12-6-11-20-18-15(13-19)21-17(24-18)10-9-14-7-4-5-8-16(14)22-2/h4-5,7-10,20H,3,6,11-12H2,1-2H3/b10-9+. The molecule has 0 fully saturated rings. The van der Waals surface area contributed by atoms with E-state index in [0.29, 0.717) is 31.5 Å². The van der Waals surface area contributed by atoms with E-state index in [-0.39, 0.29) is 5.69 Å². The summed E-state index contributed by atoms with van der Waals surface area (Å²) >= 11 is 0. The van der Waals surface area contributed by atoms with Crippen molar-refractivity contribution in [3.8, 4) is 11.8 Å². The monoisotopic (exact) mass is 327 g/mol. The van der Waals surface area contributed by atoms with Crippen LogP contribution in [0.3, 0.4) is 0 Å². The molecule has 1 aromatic heterocycles. The lowest BCUT2D eigenvalue weighted by Gasteiger charge is -2.03. The number of anilines is 1. The fourth-order valence-electron chi connectivity index (χ4n) is 2.09. The van der Waals surface area contributed by atoms with Crippen LogP contribution >= 0.6 is 0 Å². The number of nitrogens with one attached hydrogen (secondary N) is 1. The van der Waals surface area contributed by atoms with Crippen molar-refractivity contribution in [1.82, 2.24) is 4.98 Å². The highest BCUT2D eigenvalue weighted by Gasteiger charge is 2.10. The zero-order valence-electron chi connectivity index (χ0n) is 13.9. The maximum atomic E-state index is 9.16. The summed E-state index contributed by atoms with van der Waals surface area (Å²) in [5.74, 6) is 1.51. The van der Waals surface area contributed by atoms with E-state index in [4.69, 9.17) is 19.2 Å². The van der Waals surface area contributed by atoms with Crippen LogP contribution in [0.4, 0.5) is 5.88 Å². The van der Waals surface area contributed by atoms with Crippen LogP contribution in [0, 0.1) is 11.3 Å². The average molecular weight is 327 g/mol. The van der Waals surface area contributed by atoms with Crippen LogP contribution in [0.5, 0.6) is 5.75 Å². The van der Waals surface area contributed by atoms with E-state index in [2.05, 4.69) is 10.3 Å². The van der Waals surface area contributed by atoms with Crippen molar-refractivity contribution in [2.24, 2.45) is 0 Å². The number of ether oxygens (including phenoxy) is 2. The van der Waals surface area contributed by atoms with Crippen LogP contribution in [-0.2, 0) is 4.74 Å². The number of methoxy groups -OCH3 is 1. The molecule has 126 valence electrons. The number of benzene rings is 1. The molecule has 0 bridgehead atoms. The van der Waals surface area contributed by atoms with Crippen LogP contribution in [0.15, 0.2) is 28.7 Å². The summed E-state index contributed by atoms with van der Waals surface area (Å²) in [6.07, 6.45) is 4.38. The fraction of sp³-hybridized carbons (Fsp3) is 0.333. The van der Waals surface area contributed by atoms with Crippen LogP contribution in [0.25, 0.3) is 12.2 Å². The maximum absolute atomic E-state index is 9.16. The molecule has 24 heavy (non-hydrogen) atoms. The van der Waals surface area contributed by atoms with Crippen molar-refractivity contribution >= 4 is 18.0 Å². The number of hydrogen-bond donors (Lipinski definition) is 1. The Morgan fingerprint density at radius 3 is 2.92 bits per heavy atom. The first-order valence-corrected chi connectivity index (χ1v) is 7.82. The number of oxazole rings is 1. The smallest absolute Gasteiger partial charge is 0.232 e. The molecular formula is C18H21N3O3. The van der Waals surface area contributed by atoms with Crippen LogP contribution in [0.1, 0.15) is 30.5 Å². The van der Waals surface area contributed by atoms with E-state index >= 15 is 0 Å². The Morgan fingerprint density at radius 2 is 2.17 bits per heavy atom. The molecule has 0 saturated heterocycles. The molecule has 2 aromatic rings. The van der Waals surface area contributed by atoms with Gasteiger partial charge in [-0.25, -0.2) is 0 Å². The Hall–Kier alpha value is -2.78. The molecule has 0 atom stereocenters. The summed E-state index contributed by atoms with van der Waals surface area (Å²) in [5, 5.41) is 12.2. The highest BCUT2D eigenvalue weighted by molar-refractivity contribution is 5.70. The minimum absolute atomic E-state index is 0.242. The molecule has 0 aliphatic heterocycles. The lowest BCUT2D eigenvalue weighted by atomic mass is 10.2. The van der Waals surface area contributed by atoms with Crippen molar-refractivity contribution in [2.75, 3.05) is 32.2 Å². The van der Waals surface area contributed by atoms with E-state index in [0.717, 1.165) is 17.7 Å². The molecule has 0 spiro atoms. The maximum Gasteiger partial charge on any atom is 0.232 e. The molecule has 0 unspecified atom stereocenters. The third kappa shape index (κ3) is 4.86. The second-order valence-corrected chi connectivity index (χ2v) is 4.89. The topological polar surface area (TPSA) is 80.3 Å². The van der Waals surface area contributed by atoms with Crippen molar-refractivity contribution in [2.45, 2.75) is 13.3 Å². The summed E-state index contributed by atoms with van der Waals surface area (Å²) in [6, 6.07) is 9.66. The third-order valence-corrected chi connectivity index (χ3v) is 3.25.